The summed E-state index contributed by atoms with van der Waals surface area (Å²) < 4.78 is 31.7. The van der Waals surface area contributed by atoms with Crippen LogP contribution < -0.4 is 10.0 Å². The Hall–Kier alpha value is -2.25. The highest BCUT2D eigenvalue weighted by molar-refractivity contribution is 7.92. The second kappa shape index (κ2) is 7.34. The highest BCUT2D eigenvalue weighted by Crippen LogP contribution is 2.24. The van der Waals surface area contributed by atoms with Crippen molar-refractivity contribution in [3.8, 4) is 0 Å². The first-order valence-electron chi connectivity index (χ1n) is 6.73. The molecule has 0 bridgehead atoms. The average molecular weight is 355 g/mol. The maximum Gasteiger partial charge on any atom is 0.411 e. The first-order chi connectivity index (χ1) is 10.9. The van der Waals surface area contributed by atoms with Crippen molar-refractivity contribution in [3.63, 3.8) is 0 Å². The van der Waals surface area contributed by atoms with Gasteiger partial charge >= 0.3 is 6.09 Å². The van der Waals surface area contributed by atoms with Crippen molar-refractivity contribution in [1.82, 2.24) is 0 Å². The third-order valence-electron chi connectivity index (χ3n) is 2.79. The molecule has 0 radical (unpaired) electrons. The number of hydrogen-bond acceptors (Lipinski definition) is 4. The van der Waals surface area contributed by atoms with Crippen molar-refractivity contribution >= 4 is 39.1 Å². The summed E-state index contributed by atoms with van der Waals surface area (Å²) in [6, 6.07) is 12.3. The second-order valence-electron chi connectivity index (χ2n) is 4.46. The minimum Gasteiger partial charge on any atom is -0.450 e. The van der Waals surface area contributed by atoms with Crippen molar-refractivity contribution in [2.45, 2.75) is 11.8 Å². The summed E-state index contributed by atoms with van der Waals surface area (Å²) in [6.07, 6.45) is -0.572. The van der Waals surface area contributed by atoms with Crippen molar-refractivity contribution in [2.75, 3.05) is 16.6 Å². The molecule has 0 heterocycles. The van der Waals surface area contributed by atoms with E-state index >= 15 is 0 Å². The van der Waals surface area contributed by atoms with Gasteiger partial charge in [-0.2, -0.15) is 0 Å². The van der Waals surface area contributed by atoms with Crippen LogP contribution in [0.5, 0.6) is 0 Å². The van der Waals surface area contributed by atoms with Gasteiger partial charge in [-0.25, -0.2) is 13.2 Å². The Morgan fingerprint density at radius 2 is 1.70 bits per heavy atom. The molecule has 23 heavy (non-hydrogen) atoms. The van der Waals surface area contributed by atoms with E-state index in [4.69, 9.17) is 16.3 Å². The molecule has 0 aliphatic heterocycles. The Bertz CT molecular complexity index is 791. The van der Waals surface area contributed by atoms with Crippen LogP contribution in [0.4, 0.5) is 16.2 Å². The van der Waals surface area contributed by atoms with Crippen LogP contribution in [0, 0.1) is 0 Å². The van der Waals surface area contributed by atoms with Crippen LogP contribution in [0.25, 0.3) is 0 Å². The number of nitrogens with one attached hydrogen (secondary N) is 2. The Morgan fingerprint density at radius 1 is 1.09 bits per heavy atom. The van der Waals surface area contributed by atoms with E-state index in [1.54, 1.807) is 31.2 Å². The van der Waals surface area contributed by atoms with E-state index < -0.39 is 16.1 Å². The van der Waals surface area contributed by atoms with E-state index in [-0.39, 0.29) is 16.5 Å². The molecule has 0 aliphatic rings. The smallest absolute Gasteiger partial charge is 0.411 e. The van der Waals surface area contributed by atoms with Crippen LogP contribution in [0.15, 0.2) is 53.4 Å². The number of carbonyl (C=O) groups excluding carboxylic acids is 1. The van der Waals surface area contributed by atoms with Gasteiger partial charge in [0.2, 0.25) is 0 Å². The molecule has 0 aromatic heterocycles. The summed E-state index contributed by atoms with van der Waals surface area (Å²) in [5, 5.41) is 2.65. The van der Waals surface area contributed by atoms with E-state index in [1.807, 2.05) is 0 Å². The van der Waals surface area contributed by atoms with Gasteiger partial charge in [0.15, 0.2) is 0 Å². The molecule has 122 valence electrons. The molecule has 0 saturated carbocycles. The van der Waals surface area contributed by atoms with E-state index in [9.17, 15) is 13.2 Å². The van der Waals surface area contributed by atoms with Gasteiger partial charge in [0, 0.05) is 11.4 Å². The number of sulfonamides is 1. The zero-order valence-corrected chi connectivity index (χ0v) is 13.8. The molecule has 0 spiro atoms. The molecule has 8 heteroatoms. The van der Waals surface area contributed by atoms with Crippen LogP contribution in [-0.4, -0.2) is 21.1 Å². The van der Waals surface area contributed by atoms with Gasteiger partial charge in [0.05, 0.1) is 11.6 Å². The fourth-order valence-corrected chi connectivity index (χ4v) is 3.36. The number of halogens is 1. The number of carbonyl (C=O) groups is 1. The molecule has 0 saturated heterocycles. The van der Waals surface area contributed by atoms with Gasteiger partial charge in [-0.1, -0.05) is 23.7 Å². The molecular formula is C15H15ClN2O4S. The maximum absolute atomic E-state index is 12.3. The predicted octanol–water partition coefficient (Wildman–Crippen LogP) is 3.71. The SMILES string of the molecule is CCOC(=O)Nc1ccc(NS(=O)(=O)c2ccccc2Cl)cc1. The largest absolute Gasteiger partial charge is 0.450 e. The summed E-state index contributed by atoms with van der Waals surface area (Å²) in [5.41, 5.74) is 0.837. The van der Waals surface area contributed by atoms with Crippen LogP contribution in [0.3, 0.4) is 0 Å². The Labute approximate surface area is 139 Å². The Morgan fingerprint density at radius 3 is 2.30 bits per heavy atom. The van der Waals surface area contributed by atoms with Crippen LogP contribution in [0.1, 0.15) is 6.92 Å². The Balaban J connectivity index is 2.12. The summed E-state index contributed by atoms with van der Waals surface area (Å²) in [4.78, 5) is 11.3. The number of amides is 1. The lowest BCUT2D eigenvalue weighted by atomic mass is 10.3. The molecular weight excluding hydrogens is 340 g/mol. The third kappa shape index (κ3) is 4.61. The zero-order valence-electron chi connectivity index (χ0n) is 12.2. The van der Waals surface area contributed by atoms with Crippen molar-refractivity contribution in [1.29, 1.82) is 0 Å². The fraction of sp³-hybridized carbons (Fsp3) is 0.133. The molecule has 2 aromatic carbocycles. The summed E-state index contributed by atoms with van der Waals surface area (Å²) in [5.74, 6) is 0. The summed E-state index contributed by atoms with van der Waals surface area (Å²) in [6.45, 7) is 1.97. The molecule has 0 aliphatic carbocycles. The first-order valence-corrected chi connectivity index (χ1v) is 8.59. The lowest BCUT2D eigenvalue weighted by molar-refractivity contribution is 0.168. The Kier molecular flexibility index (Phi) is 5.46. The minimum absolute atomic E-state index is 0.00427. The van der Waals surface area contributed by atoms with E-state index in [0.717, 1.165) is 0 Å². The van der Waals surface area contributed by atoms with E-state index in [0.29, 0.717) is 11.4 Å². The molecule has 2 aromatic rings. The fourth-order valence-electron chi connectivity index (χ4n) is 1.78. The summed E-state index contributed by atoms with van der Waals surface area (Å²) >= 11 is 5.91. The zero-order chi connectivity index (χ0) is 16.9. The number of anilines is 2. The predicted molar refractivity (Wildman–Crippen MR) is 89.3 cm³/mol. The lowest BCUT2D eigenvalue weighted by Crippen LogP contribution is -2.14. The number of benzene rings is 2. The quantitative estimate of drug-likeness (QED) is 0.857. The number of ether oxygens (including phenoxy) is 1. The van der Waals surface area contributed by atoms with E-state index in [1.165, 1.54) is 24.3 Å². The van der Waals surface area contributed by atoms with Gasteiger partial charge in [-0.05, 0) is 43.3 Å². The first kappa shape index (κ1) is 17.1. The van der Waals surface area contributed by atoms with Crippen molar-refractivity contribution in [3.05, 3.63) is 53.6 Å². The molecule has 2 N–H and O–H groups in total. The highest BCUT2D eigenvalue weighted by atomic mass is 35.5. The summed E-state index contributed by atoms with van der Waals surface area (Å²) in [7, 11) is -3.78. The molecule has 2 rings (SSSR count). The third-order valence-corrected chi connectivity index (χ3v) is 4.67. The maximum atomic E-state index is 12.3. The molecule has 6 nitrogen and oxygen atoms in total. The van der Waals surface area contributed by atoms with Crippen molar-refractivity contribution in [2.24, 2.45) is 0 Å². The number of hydrogen-bond donors (Lipinski definition) is 2. The standard InChI is InChI=1S/C15H15ClN2O4S/c1-2-22-15(19)17-11-7-9-12(10-8-11)18-23(20,21)14-6-4-3-5-13(14)16/h3-10,18H,2H2,1H3,(H,17,19). The molecule has 0 unspecified atom stereocenters. The topological polar surface area (TPSA) is 84.5 Å². The number of rotatable bonds is 5. The van der Waals surface area contributed by atoms with Gasteiger partial charge in [0.1, 0.15) is 4.90 Å². The van der Waals surface area contributed by atoms with E-state index in [2.05, 4.69) is 10.0 Å². The molecule has 1 amide bonds. The van der Waals surface area contributed by atoms with Crippen LogP contribution >= 0.6 is 11.6 Å². The van der Waals surface area contributed by atoms with Crippen molar-refractivity contribution < 1.29 is 17.9 Å². The lowest BCUT2D eigenvalue weighted by Gasteiger charge is -2.10. The van der Waals surface area contributed by atoms with Crippen LogP contribution in [-0.2, 0) is 14.8 Å². The van der Waals surface area contributed by atoms with Gasteiger partial charge < -0.3 is 4.74 Å². The van der Waals surface area contributed by atoms with Gasteiger partial charge in [-0.3, -0.25) is 10.0 Å². The minimum atomic E-state index is -3.78. The second-order valence-corrected chi connectivity index (χ2v) is 6.52. The monoisotopic (exact) mass is 354 g/mol. The highest BCUT2D eigenvalue weighted by Gasteiger charge is 2.17. The average Bonchev–Trinajstić information content (AvgIpc) is 2.49. The normalized spacial score (nSPS) is 10.9. The van der Waals surface area contributed by atoms with Gasteiger partial charge in [0.25, 0.3) is 10.0 Å². The van der Waals surface area contributed by atoms with Crippen LogP contribution in [0.2, 0.25) is 5.02 Å². The molecule has 0 fully saturated rings. The van der Waals surface area contributed by atoms with Gasteiger partial charge in [-0.15, -0.1) is 0 Å². The molecule has 0 atom stereocenters.